The van der Waals surface area contributed by atoms with Gasteiger partial charge >= 0.3 is 0 Å². The summed E-state index contributed by atoms with van der Waals surface area (Å²) in [6.45, 7) is 5.65. The lowest BCUT2D eigenvalue weighted by Gasteiger charge is -2.19. The largest absolute Gasteiger partial charge is 0.489 e. The second-order valence-electron chi connectivity index (χ2n) is 4.22. The highest BCUT2D eigenvalue weighted by Crippen LogP contribution is 2.15. The summed E-state index contributed by atoms with van der Waals surface area (Å²) in [6.07, 6.45) is 1.17. The molecule has 0 radical (unpaired) electrons. The van der Waals surface area contributed by atoms with Crippen molar-refractivity contribution < 1.29 is 9.13 Å². The number of rotatable bonds is 4. The highest BCUT2D eigenvalue weighted by molar-refractivity contribution is 5.85. The lowest BCUT2D eigenvalue weighted by Crippen LogP contribution is -2.31. The van der Waals surface area contributed by atoms with E-state index in [1.807, 2.05) is 0 Å². The maximum Gasteiger partial charge on any atom is 0.165 e. The fourth-order valence-electron chi connectivity index (χ4n) is 1.97. The van der Waals surface area contributed by atoms with Crippen molar-refractivity contribution in [2.75, 3.05) is 39.3 Å². The third-order valence-corrected chi connectivity index (χ3v) is 2.93. The monoisotopic (exact) mass is 274 g/mol. The number of nitrogens with one attached hydrogen (secondary N) is 1. The van der Waals surface area contributed by atoms with Crippen LogP contribution in [0.5, 0.6) is 5.75 Å². The third kappa shape index (κ3) is 4.80. The minimum atomic E-state index is -0.287. The van der Waals surface area contributed by atoms with Gasteiger partial charge in [-0.15, -0.1) is 12.4 Å². The number of nitrogens with zero attached hydrogens (tertiary/aromatic N) is 1. The Morgan fingerprint density at radius 2 is 2.06 bits per heavy atom. The Labute approximate surface area is 114 Å². The molecule has 1 saturated heterocycles. The molecule has 0 unspecified atom stereocenters. The van der Waals surface area contributed by atoms with Crippen molar-refractivity contribution >= 4 is 12.4 Å². The number of hydrogen-bond acceptors (Lipinski definition) is 3. The van der Waals surface area contributed by atoms with Crippen molar-refractivity contribution in [2.24, 2.45) is 0 Å². The van der Waals surface area contributed by atoms with E-state index in [0.29, 0.717) is 12.4 Å². The lowest BCUT2D eigenvalue weighted by molar-refractivity contribution is 0.212. The first-order valence-electron chi connectivity index (χ1n) is 6.16. The summed E-state index contributed by atoms with van der Waals surface area (Å²) in [7, 11) is 0. The lowest BCUT2D eigenvalue weighted by atomic mass is 10.3. The summed E-state index contributed by atoms with van der Waals surface area (Å²) < 4.78 is 18.7. The number of benzene rings is 1. The molecule has 1 aliphatic rings. The van der Waals surface area contributed by atoms with E-state index in [4.69, 9.17) is 4.74 Å². The van der Waals surface area contributed by atoms with Crippen molar-refractivity contribution in [1.82, 2.24) is 10.2 Å². The zero-order chi connectivity index (χ0) is 11.9. The van der Waals surface area contributed by atoms with Crippen LogP contribution in [-0.2, 0) is 0 Å². The van der Waals surface area contributed by atoms with Crippen LogP contribution in [-0.4, -0.2) is 44.2 Å². The predicted octanol–water partition coefficient (Wildman–Crippen LogP) is 1.92. The van der Waals surface area contributed by atoms with E-state index >= 15 is 0 Å². The van der Waals surface area contributed by atoms with Gasteiger partial charge in [-0.1, -0.05) is 12.1 Å². The van der Waals surface area contributed by atoms with E-state index in [0.717, 1.165) is 32.7 Å². The molecule has 0 atom stereocenters. The van der Waals surface area contributed by atoms with Gasteiger partial charge in [-0.2, -0.15) is 0 Å². The smallest absolute Gasteiger partial charge is 0.165 e. The van der Waals surface area contributed by atoms with Crippen molar-refractivity contribution in [2.45, 2.75) is 6.42 Å². The molecule has 1 aliphatic heterocycles. The first kappa shape index (κ1) is 15.2. The summed E-state index contributed by atoms with van der Waals surface area (Å²) in [5.74, 6) is 0.0606. The highest BCUT2D eigenvalue weighted by atomic mass is 35.5. The Hall–Kier alpha value is -0.840. The van der Waals surface area contributed by atoms with Gasteiger partial charge in [-0.25, -0.2) is 4.39 Å². The van der Waals surface area contributed by atoms with Gasteiger partial charge in [-0.05, 0) is 31.6 Å². The van der Waals surface area contributed by atoms with E-state index in [1.165, 1.54) is 12.5 Å². The molecule has 0 spiro atoms. The van der Waals surface area contributed by atoms with E-state index in [1.54, 1.807) is 18.2 Å². The van der Waals surface area contributed by atoms with Gasteiger partial charge in [0.25, 0.3) is 0 Å². The van der Waals surface area contributed by atoms with Crippen LogP contribution < -0.4 is 10.1 Å². The first-order valence-corrected chi connectivity index (χ1v) is 6.16. The quantitative estimate of drug-likeness (QED) is 0.908. The molecular weight excluding hydrogens is 255 g/mol. The van der Waals surface area contributed by atoms with Crippen molar-refractivity contribution in [3.05, 3.63) is 30.1 Å². The normalized spacial score (nSPS) is 16.7. The Morgan fingerprint density at radius 3 is 2.89 bits per heavy atom. The van der Waals surface area contributed by atoms with Gasteiger partial charge in [0.2, 0.25) is 0 Å². The Kier molecular flexibility index (Phi) is 7.01. The molecule has 1 aromatic rings. The zero-order valence-electron chi connectivity index (χ0n) is 10.4. The van der Waals surface area contributed by atoms with Gasteiger partial charge in [-0.3, -0.25) is 4.90 Å². The van der Waals surface area contributed by atoms with Crippen LogP contribution in [0.4, 0.5) is 4.39 Å². The Balaban J connectivity index is 0.00000162. The molecule has 0 bridgehead atoms. The average molecular weight is 275 g/mol. The number of halogens is 2. The van der Waals surface area contributed by atoms with Gasteiger partial charge in [0.1, 0.15) is 6.61 Å². The van der Waals surface area contributed by atoms with Gasteiger partial charge in [0, 0.05) is 19.6 Å². The maximum absolute atomic E-state index is 13.3. The first-order chi connectivity index (χ1) is 8.36. The molecule has 2 rings (SSSR count). The van der Waals surface area contributed by atoms with Crippen molar-refractivity contribution in [1.29, 1.82) is 0 Å². The average Bonchev–Trinajstić information content (AvgIpc) is 2.60. The highest BCUT2D eigenvalue weighted by Gasteiger charge is 2.08. The predicted molar refractivity (Wildman–Crippen MR) is 73.1 cm³/mol. The van der Waals surface area contributed by atoms with Crippen LogP contribution in [0.25, 0.3) is 0 Å². The molecule has 0 aliphatic carbocycles. The molecule has 1 heterocycles. The van der Waals surface area contributed by atoms with E-state index in [9.17, 15) is 4.39 Å². The van der Waals surface area contributed by atoms with Gasteiger partial charge in [0.05, 0.1) is 0 Å². The molecule has 0 amide bonds. The van der Waals surface area contributed by atoms with Crippen molar-refractivity contribution in [3.63, 3.8) is 0 Å². The molecule has 1 fully saturated rings. The Morgan fingerprint density at radius 1 is 1.22 bits per heavy atom. The SMILES string of the molecule is Cl.Fc1ccccc1OCCN1CCCNCC1. The van der Waals surface area contributed by atoms with Gasteiger partial charge in [0.15, 0.2) is 11.6 Å². The molecule has 0 aromatic heterocycles. The summed E-state index contributed by atoms with van der Waals surface area (Å²) in [6, 6.07) is 6.54. The maximum atomic E-state index is 13.3. The second kappa shape index (κ2) is 8.29. The van der Waals surface area contributed by atoms with Crippen LogP contribution in [0.15, 0.2) is 24.3 Å². The molecule has 0 saturated carbocycles. The van der Waals surface area contributed by atoms with Crippen LogP contribution in [0.3, 0.4) is 0 Å². The number of ether oxygens (including phenoxy) is 1. The standard InChI is InChI=1S/C13H19FN2O.ClH/c14-12-4-1-2-5-13(12)17-11-10-16-8-3-6-15-7-9-16;/h1-2,4-5,15H,3,6-11H2;1H. The van der Waals surface area contributed by atoms with Crippen LogP contribution in [0.1, 0.15) is 6.42 Å². The van der Waals surface area contributed by atoms with Crippen LogP contribution in [0.2, 0.25) is 0 Å². The van der Waals surface area contributed by atoms with Crippen molar-refractivity contribution in [3.8, 4) is 5.75 Å². The van der Waals surface area contributed by atoms with E-state index in [-0.39, 0.29) is 18.2 Å². The Bertz CT molecular complexity index is 344. The third-order valence-electron chi connectivity index (χ3n) is 2.93. The number of para-hydroxylation sites is 1. The molecule has 5 heteroatoms. The molecular formula is C13H20ClFN2O. The summed E-state index contributed by atoms with van der Waals surface area (Å²) in [4.78, 5) is 2.35. The molecule has 1 N–H and O–H groups in total. The van der Waals surface area contributed by atoms with E-state index < -0.39 is 0 Å². The van der Waals surface area contributed by atoms with Crippen LogP contribution >= 0.6 is 12.4 Å². The van der Waals surface area contributed by atoms with Gasteiger partial charge < -0.3 is 10.1 Å². The minimum absolute atomic E-state index is 0. The topological polar surface area (TPSA) is 24.5 Å². The minimum Gasteiger partial charge on any atom is -0.489 e. The fourth-order valence-corrected chi connectivity index (χ4v) is 1.97. The molecule has 1 aromatic carbocycles. The van der Waals surface area contributed by atoms with Crippen LogP contribution in [0, 0.1) is 5.82 Å². The molecule has 3 nitrogen and oxygen atoms in total. The summed E-state index contributed by atoms with van der Waals surface area (Å²) >= 11 is 0. The zero-order valence-corrected chi connectivity index (χ0v) is 11.2. The van der Waals surface area contributed by atoms with E-state index in [2.05, 4.69) is 10.2 Å². The fraction of sp³-hybridized carbons (Fsp3) is 0.538. The molecule has 18 heavy (non-hydrogen) atoms. The summed E-state index contributed by atoms with van der Waals surface area (Å²) in [5.41, 5.74) is 0. The number of hydrogen-bond donors (Lipinski definition) is 1. The summed E-state index contributed by atoms with van der Waals surface area (Å²) in [5, 5.41) is 3.35. The second-order valence-corrected chi connectivity index (χ2v) is 4.22. The molecule has 102 valence electrons.